The second-order valence-electron chi connectivity index (χ2n) is 7.50. The third-order valence-corrected chi connectivity index (χ3v) is 5.78. The number of hydrogen-bond donors (Lipinski definition) is 0. The van der Waals surface area contributed by atoms with Crippen molar-refractivity contribution in [2.24, 2.45) is 0 Å². The van der Waals surface area contributed by atoms with Gasteiger partial charge in [0, 0.05) is 53.7 Å². The molecule has 4 rings (SSSR count). The number of nitrogens with zero attached hydrogens (tertiary/aromatic N) is 3. The van der Waals surface area contributed by atoms with Gasteiger partial charge >= 0.3 is 0 Å². The zero-order valence-electron chi connectivity index (χ0n) is 16.3. The zero-order chi connectivity index (χ0) is 20.1. The molecule has 1 atom stereocenters. The van der Waals surface area contributed by atoms with Gasteiger partial charge in [-0.05, 0) is 48.7 Å². The Kier molecular flexibility index (Phi) is 6.20. The lowest BCUT2D eigenvalue weighted by Crippen LogP contribution is -2.40. The molecule has 148 valence electrons. The lowest BCUT2D eigenvalue weighted by molar-refractivity contribution is -0.131. The number of amides is 1. The van der Waals surface area contributed by atoms with Crippen molar-refractivity contribution in [1.29, 1.82) is 0 Å². The average Bonchev–Trinajstić information content (AvgIpc) is 2.76. The molecule has 0 bridgehead atoms. The van der Waals surface area contributed by atoms with Gasteiger partial charge in [0.2, 0.25) is 5.91 Å². The summed E-state index contributed by atoms with van der Waals surface area (Å²) in [6, 6.07) is 19.7. The number of aromatic nitrogens is 2. The third kappa shape index (κ3) is 5.01. The van der Waals surface area contributed by atoms with Crippen molar-refractivity contribution < 1.29 is 4.79 Å². The first-order chi connectivity index (χ1) is 14.2. The molecule has 0 saturated carbocycles. The molecule has 1 aromatic carbocycles. The number of carbonyl (C=O) groups is 1. The summed E-state index contributed by atoms with van der Waals surface area (Å²) in [5.41, 5.74) is 3.96. The van der Waals surface area contributed by atoms with Gasteiger partial charge < -0.3 is 4.90 Å². The molecule has 2 aromatic heterocycles. The molecule has 0 N–H and O–H groups in total. The highest BCUT2D eigenvalue weighted by atomic mass is 35.5. The summed E-state index contributed by atoms with van der Waals surface area (Å²) in [4.78, 5) is 23.9. The van der Waals surface area contributed by atoms with Gasteiger partial charge in [0.05, 0.1) is 6.42 Å². The van der Waals surface area contributed by atoms with E-state index >= 15 is 0 Å². The number of pyridine rings is 2. The van der Waals surface area contributed by atoms with E-state index in [1.54, 1.807) is 6.20 Å². The van der Waals surface area contributed by atoms with E-state index in [4.69, 9.17) is 16.6 Å². The van der Waals surface area contributed by atoms with Crippen molar-refractivity contribution in [3.8, 4) is 0 Å². The SMILES string of the molecule is O=C(Cc1ccccn1)N1CCCC(c2cccc(Cc3ccccc3Cl)n2)C1. The minimum atomic E-state index is 0.139. The first-order valence-electron chi connectivity index (χ1n) is 10.1. The van der Waals surface area contributed by atoms with Crippen LogP contribution in [-0.2, 0) is 17.6 Å². The maximum absolute atomic E-state index is 12.7. The summed E-state index contributed by atoms with van der Waals surface area (Å²) >= 11 is 6.31. The molecule has 3 heterocycles. The molecule has 1 saturated heterocycles. The maximum atomic E-state index is 12.7. The standard InChI is InChI=1S/C24H24ClN3O/c25-22-11-2-1-7-18(22)15-21-10-5-12-23(27-21)19-8-6-14-28(17-19)24(29)16-20-9-3-4-13-26-20/h1-5,7,9-13,19H,6,8,14-17H2. The molecule has 1 fully saturated rings. The molecule has 4 nitrogen and oxygen atoms in total. The van der Waals surface area contributed by atoms with Gasteiger partial charge in [-0.1, -0.05) is 41.9 Å². The van der Waals surface area contributed by atoms with Crippen LogP contribution in [0.1, 0.15) is 41.4 Å². The highest BCUT2D eigenvalue weighted by molar-refractivity contribution is 6.31. The summed E-state index contributed by atoms with van der Waals surface area (Å²) in [6.07, 6.45) is 4.84. The second kappa shape index (κ2) is 9.19. The fraction of sp³-hybridized carbons (Fsp3) is 0.292. The smallest absolute Gasteiger partial charge is 0.228 e. The molecule has 29 heavy (non-hydrogen) atoms. The van der Waals surface area contributed by atoms with E-state index < -0.39 is 0 Å². The molecule has 0 aliphatic carbocycles. The van der Waals surface area contributed by atoms with Crippen LogP contribution >= 0.6 is 11.6 Å². The molecule has 1 unspecified atom stereocenters. The maximum Gasteiger partial charge on any atom is 0.228 e. The summed E-state index contributed by atoms with van der Waals surface area (Å²) in [5.74, 6) is 0.406. The van der Waals surface area contributed by atoms with E-state index in [2.05, 4.69) is 17.1 Å². The highest BCUT2D eigenvalue weighted by Crippen LogP contribution is 2.27. The van der Waals surface area contributed by atoms with Gasteiger partial charge in [-0.15, -0.1) is 0 Å². The van der Waals surface area contributed by atoms with Crippen LogP contribution < -0.4 is 0 Å². The average molecular weight is 406 g/mol. The van der Waals surface area contributed by atoms with E-state index in [0.29, 0.717) is 19.4 Å². The fourth-order valence-electron chi connectivity index (χ4n) is 3.88. The number of likely N-dealkylation sites (tertiary alicyclic amines) is 1. The molecule has 5 heteroatoms. The Balaban J connectivity index is 1.44. The van der Waals surface area contributed by atoms with Gasteiger partial charge in [-0.3, -0.25) is 14.8 Å². The van der Waals surface area contributed by atoms with Crippen molar-refractivity contribution in [3.05, 3.63) is 94.5 Å². The quantitative estimate of drug-likeness (QED) is 0.619. The van der Waals surface area contributed by atoms with Crippen molar-refractivity contribution in [2.45, 2.75) is 31.6 Å². The van der Waals surface area contributed by atoms with Gasteiger partial charge in [-0.2, -0.15) is 0 Å². The second-order valence-corrected chi connectivity index (χ2v) is 7.91. The lowest BCUT2D eigenvalue weighted by Gasteiger charge is -2.32. The van der Waals surface area contributed by atoms with Crippen molar-refractivity contribution in [3.63, 3.8) is 0 Å². The summed E-state index contributed by atoms with van der Waals surface area (Å²) in [7, 11) is 0. The Morgan fingerprint density at radius 3 is 2.69 bits per heavy atom. The largest absolute Gasteiger partial charge is 0.342 e. The lowest BCUT2D eigenvalue weighted by atomic mass is 9.93. The Labute approximate surface area is 176 Å². The molecular weight excluding hydrogens is 382 g/mol. The molecule has 1 aliphatic heterocycles. The number of halogens is 1. The number of hydrogen-bond acceptors (Lipinski definition) is 3. The predicted molar refractivity (Wildman–Crippen MR) is 115 cm³/mol. The van der Waals surface area contributed by atoms with Gasteiger partial charge in [-0.25, -0.2) is 0 Å². The van der Waals surface area contributed by atoms with E-state index in [-0.39, 0.29) is 11.8 Å². The normalized spacial score (nSPS) is 16.6. The van der Waals surface area contributed by atoms with Gasteiger partial charge in [0.15, 0.2) is 0 Å². The van der Waals surface area contributed by atoms with Crippen LogP contribution in [0.2, 0.25) is 5.02 Å². The topological polar surface area (TPSA) is 46.1 Å². The Bertz CT molecular complexity index is 977. The molecular formula is C24H24ClN3O. The zero-order valence-corrected chi connectivity index (χ0v) is 17.1. The van der Waals surface area contributed by atoms with Gasteiger partial charge in [0.25, 0.3) is 0 Å². The highest BCUT2D eigenvalue weighted by Gasteiger charge is 2.26. The number of piperidine rings is 1. The predicted octanol–water partition coefficient (Wildman–Crippen LogP) is 4.67. The van der Waals surface area contributed by atoms with E-state index in [9.17, 15) is 4.79 Å². The molecule has 1 aliphatic rings. The fourth-order valence-corrected chi connectivity index (χ4v) is 4.08. The van der Waals surface area contributed by atoms with Crippen molar-refractivity contribution in [2.75, 3.05) is 13.1 Å². The first-order valence-corrected chi connectivity index (χ1v) is 10.4. The Morgan fingerprint density at radius 1 is 1.03 bits per heavy atom. The minimum Gasteiger partial charge on any atom is -0.342 e. The van der Waals surface area contributed by atoms with Crippen LogP contribution in [0.25, 0.3) is 0 Å². The van der Waals surface area contributed by atoms with Crippen LogP contribution in [0.3, 0.4) is 0 Å². The van der Waals surface area contributed by atoms with Crippen LogP contribution in [0.4, 0.5) is 0 Å². The van der Waals surface area contributed by atoms with Crippen LogP contribution in [0.15, 0.2) is 66.9 Å². The van der Waals surface area contributed by atoms with Crippen LogP contribution in [0.5, 0.6) is 0 Å². The van der Waals surface area contributed by atoms with E-state index in [1.807, 2.05) is 53.4 Å². The van der Waals surface area contributed by atoms with E-state index in [0.717, 1.165) is 47.1 Å². The third-order valence-electron chi connectivity index (χ3n) is 5.41. The summed E-state index contributed by atoms with van der Waals surface area (Å²) in [5, 5.41) is 0.767. The number of benzene rings is 1. The van der Waals surface area contributed by atoms with Crippen LogP contribution in [0, 0.1) is 0 Å². The van der Waals surface area contributed by atoms with Gasteiger partial charge in [0.1, 0.15) is 0 Å². The molecule has 0 radical (unpaired) electrons. The first kappa shape index (κ1) is 19.6. The minimum absolute atomic E-state index is 0.139. The van der Waals surface area contributed by atoms with Crippen molar-refractivity contribution in [1.82, 2.24) is 14.9 Å². The Hall–Kier alpha value is -2.72. The monoisotopic (exact) mass is 405 g/mol. The number of rotatable bonds is 5. The summed E-state index contributed by atoms with van der Waals surface area (Å²) < 4.78 is 0. The Morgan fingerprint density at radius 2 is 1.86 bits per heavy atom. The molecule has 1 amide bonds. The molecule has 0 spiro atoms. The van der Waals surface area contributed by atoms with Crippen molar-refractivity contribution >= 4 is 17.5 Å². The van der Waals surface area contributed by atoms with E-state index in [1.165, 1.54) is 0 Å². The van der Waals surface area contributed by atoms with Crippen LogP contribution in [-0.4, -0.2) is 33.9 Å². The summed E-state index contributed by atoms with van der Waals surface area (Å²) in [6.45, 7) is 1.52. The number of carbonyl (C=O) groups excluding carboxylic acids is 1. The molecule has 3 aromatic rings.